The summed E-state index contributed by atoms with van der Waals surface area (Å²) in [5.41, 5.74) is 8.60. The molecule has 0 bridgehead atoms. The zero-order valence-corrected chi connectivity index (χ0v) is 11.9. The molecule has 0 saturated heterocycles. The van der Waals surface area contributed by atoms with Gasteiger partial charge in [0.2, 0.25) is 0 Å². The Labute approximate surface area is 126 Å². The number of nitrogen functional groups attached to an aromatic ring is 1. The van der Waals surface area contributed by atoms with Crippen molar-refractivity contribution in [3.05, 3.63) is 64.6 Å². The van der Waals surface area contributed by atoms with Crippen LogP contribution in [0.5, 0.6) is 0 Å². The molecule has 2 aromatic carbocycles. The largest absolute Gasteiger partial charge is 0.384 e. The summed E-state index contributed by atoms with van der Waals surface area (Å²) in [7, 11) is 0. The summed E-state index contributed by atoms with van der Waals surface area (Å²) in [6.07, 6.45) is 0. The van der Waals surface area contributed by atoms with E-state index in [0.717, 1.165) is 16.9 Å². The topological polar surface area (TPSA) is 43.8 Å². The number of benzene rings is 2. The third kappa shape index (κ3) is 2.50. The Morgan fingerprint density at radius 2 is 1.65 bits per heavy atom. The van der Waals surface area contributed by atoms with Crippen LogP contribution in [0, 0.1) is 0 Å². The molecule has 0 atom stereocenters. The molecule has 0 aliphatic heterocycles. The normalized spacial score (nSPS) is 10.7. The second-order valence-electron chi connectivity index (χ2n) is 4.35. The van der Waals surface area contributed by atoms with E-state index in [1.165, 1.54) is 0 Å². The van der Waals surface area contributed by atoms with Crippen molar-refractivity contribution in [2.24, 2.45) is 0 Å². The summed E-state index contributed by atoms with van der Waals surface area (Å²) in [6, 6.07) is 16.7. The molecule has 3 aromatic rings. The highest BCUT2D eigenvalue weighted by Crippen LogP contribution is 2.25. The quantitative estimate of drug-likeness (QED) is 0.761. The molecule has 3 rings (SSSR count). The molecule has 100 valence electrons. The average molecular weight is 304 g/mol. The molecule has 0 amide bonds. The maximum Gasteiger partial charge on any atom is 0.127 e. The highest BCUT2D eigenvalue weighted by molar-refractivity contribution is 6.31. The van der Waals surface area contributed by atoms with Crippen molar-refractivity contribution in [3.63, 3.8) is 0 Å². The van der Waals surface area contributed by atoms with E-state index in [0.29, 0.717) is 15.9 Å². The Morgan fingerprint density at radius 3 is 2.35 bits per heavy atom. The molecule has 2 N–H and O–H groups in total. The van der Waals surface area contributed by atoms with E-state index in [4.69, 9.17) is 28.9 Å². The zero-order chi connectivity index (χ0) is 14.1. The summed E-state index contributed by atoms with van der Waals surface area (Å²) < 4.78 is 1.66. The van der Waals surface area contributed by atoms with Crippen molar-refractivity contribution < 1.29 is 0 Å². The van der Waals surface area contributed by atoms with E-state index in [1.54, 1.807) is 4.68 Å². The molecule has 0 spiro atoms. The SMILES string of the molecule is Nc1cc(-c2ccc(Cl)cc2)nn1-c1cccc(Cl)c1. The Morgan fingerprint density at radius 1 is 0.900 bits per heavy atom. The molecule has 0 unspecified atom stereocenters. The van der Waals surface area contributed by atoms with E-state index in [2.05, 4.69) is 5.10 Å². The van der Waals surface area contributed by atoms with E-state index < -0.39 is 0 Å². The predicted molar refractivity (Wildman–Crippen MR) is 83.4 cm³/mol. The van der Waals surface area contributed by atoms with Crippen LogP contribution in [0.25, 0.3) is 16.9 Å². The summed E-state index contributed by atoms with van der Waals surface area (Å²) >= 11 is 11.9. The number of anilines is 1. The first kappa shape index (κ1) is 13.0. The van der Waals surface area contributed by atoms with Gasteiger partial charge in [-0.15, -0.1) is 0 Å². The van der Waals surface area contributed by atoms with Crippen LogP contribution in [-0.4, -0.2) is 9.78 Å². The first-order valence-corrected chi connectivity index (χ1v) is 6.76. The number of halogens is 2. The standard InChI is InChI=1S/C15H11Cl2N3/c16-11-6-4-10(5-7-11)14-9-15(18)20(19-14)13-3-1-2-12(17)8-13/h1-9H,18H2. The second kappa shape index (κ2) is 5.19. The number of aromatic nitrogens is 2. The van der Waals surface area contributed by atoms with Gasteiger partial charge in [-0.25, -0.2) is 4.68 Å². The van der Waals surface area contributed by atoms with Gasteiger partial charge >= 0.3 is 0 Å². The molecular weight excluding hydrogens is 293 g/mol. The average Bonchev–Trinajstić information content (AvgIpc) is 2.82. The zero-order valence-electron chi connectivity index (χ0n) is 10.4. The van der Waals surface area contributed by atoms with Gasteiger partial charge < -0.3 is 5.73 Å². The van der Waals surface area contributed by atoms with Crippen molar-refractivity contribution in [3.8, 4) is 16.9 Å². The molecule has 0 aliphatic rings. The van der Waals surface area contributed by atoms with Gasteiger partial charge in [0.25, 0.3) is 0 Å². The Balaban J connectivity index is 2.05. The highest BCUT2D eigenvalue weighted by Gasteiger charge is 2.09. The fourth-order valence-corrected chi connectivity index (χ4v) is 2.28. The van der Waals surface area contributed by atoms with Crippen LogP contribution in [0.4, 0.5) is 5.82 Å². The molecule has 0 aliphatic carbocycles. The Kier molecular flexibility index (Phi) is 3.38. The van der Waals surface area contributed by atoms with Gasteiger partial charge in [0.1, 0.15) is 5.82 Å². The molecule has 3 nitrogen and oxygen atoms in total. The van der Waals surface area contributed by atoms with Gasteiger partial charge in [-0.05, 0) is 30.3 Å². The number of hydrogen-bond acceptors (Lipinski definition) is 2. The maximum atomic E-state index is 6.02. The highest BCUT2D eigenvalue weighted by atomic mass is 35.5. The molecule has 20 heavy (non-hydrogen) atoms. The molecular formula is C15H11Cl2N3. The van der Waals surface area contributed by atoms with Crippen molar-refractivity contribution in [1.29, 1.82) is 0 Å². The number of hydrogen-bond donors (Lipinski definition) is 1. The van der Waals surface area contributed by atoms with Crippen molar-refractivity contribution >= 4 is 29.0 Å². The van der Waals surface area contributed by atoms with Crippen molar-refractivity contribution in [2.75, 3.05) is 5.73 Å². The van der Waals surface area contributed by atoms with Crippen LogP contribution in [0.2, 0.25) is 10.0 Å². The fourth-order valence-electron chi connectivity index (χ4n) is 1.97. The van der Waals surface area contributed by atoms with Crippen LogP contribution in [0.15, 0.2) is 54.6 Å². The minimum absolute atomic E-state index is 0.553. The molecule has 0 saturated carbocycles. The van der Waals surface area contributed by atoms with E-state index in [9.17, 15) is 0 Å². The van der Waals surface area contributed by atoms with Gasteiger partial charge in [0.15, 0.2) is 0 Å². The van der Waals surface area contributed by atoms with Crippen molar-refractivity contribution in [2.45, 2.75) is 0 Å². The van der Waals surface area contributed by atoms with Crippen LogP contribution in [0.3, 0.4) is 0 Å². The molecule has 0 radical (unpaired) electrons. The third-order valence-electron chi connectivity index (χ3n) is 2.93. The number of nitrogens with two attached hydrogens (primary N) is 1. The number of rotatable bonds is 2. The minimum Gasteiger partial charge on any atom is -0.384 e. The lowest BCUT2D eigenvalue weighted by atomic mass is 10.1. The van der Waals surface area contributed by atoms with E-state index in [-0.39, 0.29) is 0 Å². The first-order chi connectivity index (χ1) is 9.63. The molecule has 1 heterocycles. The van der Waals surface area contributed by atoms with Gasteiger partial charge in [-0.3, -0.25) is 0 Å². The molecule has 0 fully saturated rings. The first-order valence-electron chi connectivity index (χ1n) is 6.01. The molecule has 5 heteroatoms. The Bertz CT molecular complexity index is 748. The van der Waals surface area contributed by atoms with Gasteiger partial charge in [-0.2, -0.15) is 5.10 Å². The summed E-state index contributed by atoms with van der Waals surface area (Å²) in [6.45, 7) is 0. The van der Waals surface area contributed by atoms with Crippen LogP contribution >= 0.6 is 23.2 Å². The number of nitrogens with zero attached hydrogens (tertiary/aromatic N) is 2. The smallest absolute Gasteiger partial charge is 0.127 e. The fraction of sp³-hybridized carbons (Fsp3) is 0. The van der Waals surface area contributed by atoms with Crippen LogP contribution in [-0.2, 0) is 0 Å². The Hall–Kier alpha value is -1.97. The summed E-state index contributed by atoms with van der Waals surface area (Å²) in [5, 5.41) is 5.85. The minimum atomic E-state index is 0.553. The van der Waals surface area contributed by atoms with Crippen LogP contribution < -0.4 is 5.73 Å². The third-order valence-corrected chi connectivity index (χ3v) is 3.42. The lowest BCUT2D eigenvalue weighted by molar-refractivity contribution is 0.895. The predicted octanol–water partition coefficient (Wildman–Crippen LogP) is 4.43. The monoisotopic (exact) mass is 303 g/mol. The van der Waals surface area contributed by atoms with Gasteiger partial charge in [0.05, 0.1) is 11.4 Å². The van der Waals surface area contributed by atoms with Crippen LogP contribution in [0.1, 0.15) is 0 Å². The van der Waals surface area contributed by atoms with E-state index >= 15 is 0 Å². The maximum absolute atomic E-state index is 6.02. The lowest BCUT2D eigenvalue weighted by Crippen LogP contribution is -2.01. The van der Waals surface area contributed by atoms with E-state index in [1.807, 2.05) is 54.6 Å². The summed E-state index contributed by atoms with van der Waals surface area (Å²) in [4.78, 5) is 0. The summed E-state index contributed by atoms with van der Waals surface area (Å²) in [5.74, 6) is 0.553. The lowest BCUT2D eigenvalue weighted by Gasteiger charge is -2.03. The van der Waals surface area contributed by atoms with Gasteiger partial charge in [0, 0.05) is 21.7 Å². The van der Waals surface area contributed by atoms with Gasteiger partial charge in [-0.1, -0.05) is 41.4 Å². The second-order valence-corrected chi connectivity index (χ2v) is 5.23. The van der Waals surface area contributed by atoms with Crippen molar-refractivity contribution in [1.82, 2.24) is 9.78 Å². The molecule has 1 aromatic heterocycles.